The highest BCUT2D eigenvalue weighted by Crippen LogP contribution is 2.31. The van der Waals surface area contributed by atoms with Crippen molar-refractivity contribution in [1.82, 2.24) is 10.3 Å². The lowest BCUT2D eigenvalue weighted by Crippen LogP contribution is -2.20. The van der Waals surface area contributed by atoms with Gasteiger partial charge in [0, 0.05) is 18.8 Å². The molecule has 0 aliphatic rings. The Morgan fingerprint density at radius 1 is 1.19 bits per heavy atom. The molecule has 1 amide bonds. The number of rotatable bonds is 8. The highest BCUT2D eigenvalue weighted by Gasteiger charge is 2.11. The Bertz CT molecular complexity index is 946. The van der Waals surface area contributed by atoms with Gasteiger partial charge in [0.1, 0.15) is 0 Å². The average Bonchev–Trinajstić information content (AvgIpc) is 2.64. The maximum Gasteiger partial charge on any atom is 0.261 e. The van der Waals surface area contributed by atoms with Crippen LogP contribution in [-0.2, 0) is 16.7 Å². The molecular formula is C21H31N3O6S. The van der Waals surface area contributed by atoms with Gasteiger partial charge in [0.25, 0.3) is 10.1 Å². The van der Waals surface area contributed by atoms with Crippen LogP contribution in [0.25, 0.3) is 0 Å². The summed E-state index contributed by atoms with van der Waals surface area (Å²) in [5, 5.41) is 3.44. The number of hydrogen-bond donors (Lipinski definition) is 3. The lowest BCUT2D eigenvalue weighted by molar-refractivity contribution is 0.1000. The molecule has 1 aromatic heterocycles. The van der Waals surface area contributed by atoms with Crippen LogP contribution in [0.15, 0.2) is 36.5 Å². The third-order valence-electron chi connectivity index (χ3n) is 3.84. The molecule has 10 heteroatoms. The van der Waals surface area contributed by atoms with E-state index in [0.717, 1.165) is 25.1 Å². The second-order valence-electron chi connectivity index (χ2n) is 8.06. The first-order chi connectivity index (χ1) is 14.3. The minimum absolute atomic E-state index is 0.319. The van der Waals surface area contributed by atoms with E-state index in [2.05, 4.69) is 31.1 Å². The molecule has 0 saturated carbocycles. The van der Waals surface area contributed by atoms with Gasteiger partial charge in [-0.05, 0) is 42.1 Å². The van der Waals surface area contributed by atoms with Crippen molar-refractivity contribution < 1.29 is 27.2 Å². The Balaban J connectivity index is 0.000000861. The highest BCUT2D eigenvalue weighted by molar-refractivity contribution is 7.85. The number of hydrogen-bond acceptors (Lipinski definition) is 7. The van der Waals surface area contributed by atoms with Gasteiger partial charge < -0.3 is 20.5 Å². The van der Waals surface area contributed by atoms with E-state index in [1.165, 1.54) is 6.20 Å². The zero-order chi connectivity index (χ0) is 23.7. The monoisotopic (exact) mass is 453 g/mol. The van der Waals surface area contributed by atoms with Crippen molar-refractivity contribution in [2.45, 2.75) is 33.7 Å². The van der Waals surface area contributed by atoms with Crippen molar-refractivity contribution in [2.75, 3.05) is 19.9 Å². The molecule has 0 unspecified atom stereocenters. The maximum atomic E-state index is 11.1. The highest BCUT2D eigenvalue weighted by atomic mass is 32.2. The molecule has 0 fully saturated rings. The van der Waals surface area contributed by atoms with Crippen molar-refractivity contribution in [3.05, 3.63) is 47.7 Å². The lowest BCUT2D eigenvalue weighted by Gasteiger charge is -2.18. The van der Waals surface area contributed by atoms with E-state index in [9.17, 15) is 13.2 Å². The fourth-order valence-corrected chi connectivity index (χ4v) is 2.30. The summed E-state index contributed by atoms with van der Waals surface area (Å²) in [5.41, 5.74) is 6.97. The molecular weight excluding hydrogens is 422 g/mol. The normalized spacial score (nSPS) is 11.3. The molecule has 2 aromatic rings. The standard InChI is InChI=1S/C20H27N3O3.CH4O3S/c1-20(2,3)9-10-22-12-14-5-7-16(17(11-14)25-4)26-18-8-6-15(13-23-18)19(21)24;1-5(2,3)4/h5-8,11,13,22H,9-10,12H2,1-4H3,(H2,21,24);1H3,(H,2,3,4). The Kier molecular flexibility index (Phi) is 9.89. The van der Waals surface area contributed by atoms with Crippen LogP contribution in [0.2, 0.25) is 0 Å². The number of benzene rings is 1. The van der Waals surface area contributed by atoms with Crippen molar-refractivity contribution >= 4 is 16.0 Å². The van der Waals surface area contributed by atoms with Crippen LogP contribution in [0, 0.1) is 5.41 Å². The van der Waals surface area contributed by atoms with Crippen molar-refractivity contribution in [3.8, 4) is 17.4 Å². The largest absolute Gasteiger partial charge is 0.493 e. The molecule has 2 rings (SSSR count). The van der Waals surface area contributed by atoms with E-state index in [0.29, 0.717) is 34.6 Å². The summed E-state index contributed by atoms with van der Waals surface area (Å²) in [6, 6.07) is 8.95. The topological polar surface area (TPSA) is 141 Å². The van der Waals surface area contributed by atoms with Crippen molar-refractivity contribution in [1.29, 1.82) is 0 Å². The summed E-state index contributed by atoms with van der Waals surface area (Å²) < 4.78 is 37.0. The SMILES string of the molecule is COc1cc(CNCCC(C)(C)C)ccc1Oc1ccc(C(N)=O)cn1.CS(=O)(=O)O. The number of ether oxygens (including phenoxy) is 2. The van der Waals surface area contributed by atoms with Gasteiger partial charge in [-0.2, -0.15) is 8.42 Å². The number of pyridine rings is 1. The van der Waals surface area contributed by atoms with E-state index in [4.69, 9.17) is 19.8 Å². The van der Waals surface area contributed by atoms with Crippen molar-refractivity contribution in [2.24, 2.45) is 11.1 Å². The maximum absolute atomic E-state index is 11.1. The third-order valence-corrected chi connectivity index (χ3v) is 3.84. The number of aromatic nitrogens is 1. The Hall–Kier alpha value is -2.69. The van der Waals surface area contributed by atoms with Gasteiger partial charge in [-0.25, -0.2) is 4.98 Å². The zero-order valence-corrected chi connectivity index (χ0v) is 19.3. The van der Waals surface area contributed by atoms with Crippen LogP contribution in [0.5, 0.6) is 17.4 Å². The number of amides is 1. The molecule has 0 spiro atoms. The summed E-state index contributed by atoms with van der Waals surface area (Å²) in [6.07, 6.45) is 3.21. The quantitative estimate of drug-likeness (QED) is 0.409. The minimum atomic E-state index is -3.67. The summed E-state index contributed by atoms with van der Waals surface area (Å²) >= 11 is 0. The van der Waals surface area contributed by atoms with Crippen LogP contribution < -0.4 is 20.5 Å². The smallest absolute Gasteiger partial charge is 0.261 e. The number of carbonyl (C=O) groups is 1. The molecule has 0 aliphatic heterocycles. The first-order valence-electron chi connectivity index (χ1n) is 9.52. The molecule has 1 heterocycles. The van der Waals surface area contributed by atoms with Gasteiger partial charge in [0.15, 0.2) is 11.5 Å². The molecule has 0 bridgehead atoms. The lowest BCUT2D eigenvalue weighted by atomic mass is 9.92. The van der Waals surface area contributed by atoms with Crippen LogP contribution in [0.3, 0.4) is 0 Å². The molecule has 0 aliphatic carbocycles. The van der Waals surface area contributed by atoms with Crippen LogP contribution in [-0.4, -0.2) is 43.8 Å². The summed E-state index contributed by atoms with van der Waals surface area (Å²) in [6.45, 7) is 8.41. The van der Waals surface area contributed by atoms with Gasteiger partial charge >= 0.3 is 0 Å². The van der Waals surface area contributed by atoms with E-state index < -0.39 is 16.0 Å². The van der Waals surface area contributed by atoms with Gasteiger partial charge in [-0.1, -0.05) is 26.8 Å². The minimum Gasteiger partial charge on any atom is -0.493 e. The number of nitrogens with two attached hydrogens (primary N) is 1. The number of primary amides is 1. The predicted octanol–water partition coefficient (Wildman–Crippen LogP) is 3.01. The third kappa shape index (κ3) is 11.9. The molecule has 1 aromatic carbocycles. The number of nitrogens with one attached hydrogen (secondary N) is 1. The Morgan fingerprint density at radius 2 is 1.84 bits per heavy atom. The summed E-state index contributed by atoms with van der Waals surface area (Å²) in [4.78, 5) is 15.2. The first kappa shape index (κ1) is 26.3. The molecule has 0 saturated heterocycles. The molecule has 9 nitrogen and oxygen atoms in total. The van der Waals surface area contributed by atoms with Crippen molar-refractivity contribution in [3.63, 3.8) is 0 Å². The number of nitrogens with zero attached hydrogens (tertiary/aromatic N) is 1. The zero-order valence-electron chi connectivity index (χ0n) is 18.5. The average molecular weight is 454 g/mol. The second-order valence-corrected chi connectivity index (χ2v) is 9.52. The first-order valence-corrected chi connectivity index (χ1v) is 11.4. The van der Waals surface area contributed by atoms with E-state index >= 15 is 0 Å². The fourth-order valence-electron chi connectivity index (χ4n) is 2.30. The molecule has 0 atom stereocenters. The Morgan fingerprint density at radius 3 is 2.32 bits per heavy atom. The summed E-state index contributed by atoms with van der Waals surface area (Å²) in [5.74, 6) is 1.03. The Labute approximate surface area is 183 Å². The van der Waals surface area contributed by atoms with Crippen LogP contribution >= 0.6 is 0 Å². The molecule has 0 radical (unpaired) electrons. The van der Waals surface area contributed by atoms with Gasteiger partial charge in [0.2, 0.25) is 11.8 Å². The van der Waals surface area contributed by atoms with E-state index in [1.54, 1.807) is 19.2 Å². The van der Waals surface area contributed by atoms with Gasteiger partial charge in [-0.15, -0.1) is 0 Å². The molecule has 4 N–H and O–H groups in total. The predicted molar refractivity (Wildman–Crippen MR) is 119 cm³/mol. The molecule has 172 valence electrons. The summed E-state index contributed by atoms with van der Waals surface area (Å²) in [7, 11) is -2.07. The van der Waals surface area contributed by atoms with Crippen LogP contribution in [0.1, 0.15) is 43.1 Å². The van der Waals surface area contributed by atoms with E-state index in [-0.39, 0.29) is 0 Å². The van der Waals surface area contributed by atoms with Gasteiger partial charge in [0.05, 0.1) is 18.9 Å². The fraction of sp³-hybridized carbons (Fsp3) is 0.429. The molecule has 31 heavy (non-hydrogen) atoms. The number of methoxy groups -OCH3 is 1. The second kappa shape index (κ2) is 11.6. The van der Waals surface area contributed by atoms with Gasteiger partial charge in [-0.3, -0.25) is 9.35 Å². The number of carbonyl (C=O) groups excluding carboxylic acids is 1. The van der Waals surface area contributed by atoms with Crippen LogP contribution in [0.4, 0.5) is 0 Å². The van der Waals surface area contributed by atoms with E-state index in [1.807, 2.05) is 18.2 Å².